The molecule has 2 unspecified atom stereocenters. The van der Waals surface area contributed by atoms with Crippen molar-refractivity contribution in [2.45, 2.75) is 51.2 Å². The fourth-order valence-corrected chi connectivity index (χ4v) is 3.15. The zero-order valence-corrected chi connectivity index (χ0v) is 11.7. The molecule has 2 fully saturated rings. The Hall–Kier alpha value is -0.120. The van der Waals surface area contributed by atoms with E-state index in [4.69, 9.17) is 4.74 Å². The van der Waals surface area contributed by atoms with Crippen molar-refractivity contribution in [2.75, 3.05) is 33.2 Å². The lowest BCUT2D eigenvalue weighted by molar-refractivity contribution is -0.0274. The van der Waals surface area contributed by atoms with Crippen molar-refractivity contribution in [3.05, 3.63) is 0 Å². The van der Waals surface area contributed by atoms with Crippen LogP contribution in [-0.4, -0.2) is 49.8 Å². The van der Waals surface area contributed by atoms with Gasteiger partial charge in [-0.3, -0.25) is 0 Å². The van der Waals surface area contributed by atoms with Crippen LogP contribution in [-0.2, 0) is 4.74 Å². The minimum atomic E-state index is 0.109. The van der Waals surface area contributed by atoms with Crippen molar-refractivity contribution in [1.29, 1.82) is 0 Å². The maximum absolute atomic E-state index is 6.05. The Labute approximate surface area is 106 Å². The summed E-state index contributed by atoms with van der Waals surface area (Å²) in [5.41, 5.74) is 0.109. The highest BCUT2D eigenvalue weighted by molar-refractivity contribution is 4.83. The van der Waals surface area contributed by atoms with Gasteiger partial charge in [0.15, 0.2) is 0 Å². The lowest BCUT2D eigenvalue weighted by atomic mass is 9.99. The van der Waals surface area contributed by atoms with Crippen molar-refractivity contribution in [1.82, 2.24) is 10.2 Å². The standard InChI is InChI=1S/C14H28N2O/c1-14(2)7-6-13(17-14)11-16(3)10-12-5-4-8-15-9-12/h12-13,15H,4-11H2,1-3H3. The van der Waals surface area contributed by atoms with E-state index in [0.29, 0.717) is 6.10 Å². The van der Waals surface area contributed by atoms with Crippen LogP contribution in [0.3, 0.4) is 0 Å². The molecule has 1 N–H and O–H groups in total. The molecule has 0 aromatic carbocycles. The van der Waals surface area contributed by atoms with Crippen LogP contribution in [0, 0.1) is 5.92 Å². The highest BCUT2D eigenvalue weighted by Gasteiger charge is 2.32. The first-order chi connectivity index (χ1) is 8.05. The van der Waals surface area contributed by atoms with Crippen LogP contribution in [0.4, 0.5) is 0 Å². The predicted octanol–water partition coefficient (Wildman–Crippen LogP) is 1.88. The van der Waals surface area contributed by atoms with E-state index >= 15 is 0 Å². The van der Waals surface area contributed by atoms with Crippen LogP contribution in [0.25, 0.3) is 0 Å². The number of piperidine rings is 1. The van der Waals surface area contributed by atoms with Gasteiger partial charge in [0.1, 0.15) is 0 Å². The summed E-state index contributed by atoms with van der Waals surface area (Å²) in [6.07, 6.45) is 5.60. The number of nitrogens with zero attached hydrogens (tertiary/aromatic N) is 1. The highest BCUT2D eigenvalue weighted by atomic mass is 16.5. The van der Waals surface area contributed by atoms with Crippen LogP contribution in [0.5, 0.6) is 0 Å². The molecule has 17 heavy (non-hydrogen) atoms. The molecule has 2 heterocycles. The Morgan fingerprint density at radius 3 is 2.71 bits per heavy atom. The lowest BCUT2D eigenvalue weighted by Crippen LogP contribution is -2.39. The fraction of sp³-hybridized carbons (Fsp3) is 1.00. The van der Waals surface area contributed by atoms with Crippen LogP contribution in [0.15, 0.2) is 0 Å². The summed E-state index contributed by atoms with van der Waals surface area (Å²) >= 11 is 0. The number of likely N-dealkylation sites (N-methyl/N-ethyl adjacent to an activating group) is 1. The zero-order chi connectivity index (χ0) is 12.3. The van der Waals surface area contributed by atoms with Gasteiger partial charge in [-0.05, 0) is 65.6 Å². The van der Waals surface area contributed by atoms with Gasteiger partial charge in [-0.2, -0.15) is 0 Å². The average molecular weight is 240 g/mol. The van der Waals surface area contributed by atoms with Gasteiger partial charge in [-0.25, -0.2) is 0 Å². The summed E-state index contributed by atoms with van der Waals surface area (Å²) < 4.78 is 6.05. The van der Waals surface area contributed by atoms with Crippen molar-refractivity contribution < 1.29 is 4.74 Å². The summed E-state index contributed by atoms with van der Waals surface area (Å²) in [6, 6.07) is 0. The molecule has 3 nitrogen and oxygen atoms in total. The van der Waals surface area contributed by atoms with Crippen LogP contribution in [0.2, 0.25) is 0 Å². The number of rotatable bonds is 4. The zero-order valence-electron chi connectivity index (χ0n) is 11.7. The molecule has 0 aromatic heterocycles. The van der Waals surface area contributed by atoms with E-state index in [1.807, 2.05) is 0 Å². The average Bonchev–Trinajstić information content (AvgIpc) is 2.59. The maximum atomic E-state index is 6.05. The first-order valence-electron chi connectivity index (χ1n) is 7.12. The molecule has 2 aliphatic rings. The number of ether oxygens (including phenoxy) is 1. The monoisotopic (exact) mass is 240 g/mol. The van der Waals surface area contributed by atoms with Crippen LogP contribution < -0.4 is 5.32 Å². The number of nitrogens with one attached hydrogen (secondary N) is 1. The second-order valence-corrected chi connectivity index (χ2v) is 6.47. The summed E-state index contributed by atoms with van der Waals surface area (Å²) in [7, 11) is 2.24. The van der Waals surface area contributed by atoms with Crippen molar-refractivity contribution >= 4 is 0 Å². The molecular formula is C14H28N2O. The Kier molecular flexibility index (Phi) is 4.45. The Balaban J connectivity index is 1.68. The number of hydrogen-bond acceptors (Lipinski definition) is 3. The van der Waals surface area contributed by atoms with Gasteiger partial charge in [-0.15, -0.1) is 0 Å². The lowest BCUT2D eigenvalue weighted by Gasteiger charge is -2.29. The molecular weight excluding hydrogens is 212 g/mol. The van der Waals surface area contributed by atoms with E-state index in [1.54, 1.807) is 0 Å². The molecule has 0 saturated carbocycles. The second-order valence-electron chi connectivity index (χ2n) is 6.47. The molecule has 2 rings (SSSR count). The van der Waals surface area contributed by atoms with Crippen LogP contribution in [0.1, 0.15) is 39.5 Å². The van der Waals surface area contributed by atoms with E-state index in [-0.39, 0.29) is 5.60 Å². The third-order valence-electron chi connectivity index (χ3n) is 4.04. The summed E-state index contributed by atoms with van der Waals surface area (Å²) in [5.74, 6) is 0.836. The topological polar surface area (TPSA) is 24.5 Å². The van der Waals surface area contributed by atoms with E-state index in [0.717, 1.165) is 12.5 Å². The Bertz CT molecular complexity index is 236. The van der Waals surface area contributed by atoms with E-state index < -0.39 is 0 Å². The van der Waals surface area contributed by atoms with Crippen LogP contribution >= 0.6 is 0 Å². The smallest absolute Gasteiger partial charge is 0.0710 e. The van der Waals surface area contributed by atoms with Crippen molar-refractivity contribution in [3.63, 3.8) is 0 Å². The largest absolute Gasteiger partial charge is 0.371 e. The molecule has 2 atom stereocenters. The normalized spacial score (nSPS) is 33.2. The molecule has 0 aliphatic carbocycles. The van der Waals surface area contributed by atoms with E-state index in [1.165, 1.54) is 45.3 Å². The summed E-state index contributed by atoms with van der Waals surface area (Å²) in [5, 5.41) is 3.49. The molecule has 0 radical (unpaired) electrons. The molecule has 100 valence electrons. The minimum Gasteiger partial charge on any atom is -0.371 e. The van der Waals surface area contributed by atoms with Gasteiger partial charge in [0.2, 0.25) is 0 Å². The van der Waals surface area contributed by atoms with Gasteiger partial charge < -0.3 is 15.0 Å². The van der Waals surface area contributed by atoms with E-state index in [2.05, 4.69) is 31.1 Å². The SMILES string of the molecule is CN(CC1CCCNC1)CC1CCC(C)(C)O1. The predicted molar refractivity (Wildman–Crippen MR) is 71.3 cm³/mol. The fourth-order valence-electron chi connectivity index (χ4n) is 3.15. The molecule has 3 heteroatoms. The summed E-state index contributed by atoms with van der Waals surface area (Å²) in [6.45, 7) is 9.13. The molecule has 2 saturated heterocycles. The third kappa shape index (κ3) is 4.23. The summed E-state index contributed by atoms with van der Waals surface area (Å²) in [4.78, 5) is 2.46. The quantitative estimate of drug-likeness (QED) is 0.812. The Morgan fingerprint density at radius 1 is 1.29 bits per heavy atom. The van der Waals surface area contributed by atoms with Gasteiger partial charge in [0, 0.05) is 13.1 Å². The molecule has 0 spiro atoms. The maximum Gasteiger partial charge on any atom is 0.0710 e. The molecule has 0 aromatic rings. The molecule has 0 amide bonds. The first kappa shape index (κ1) is 13.3. The minimum absolute atomic E-state index is 0.109. The molecule has 2 aliphatic heterocycles. The van der Waals surface area contributed by atoms with E-state index in [9.17, 15) is 0 Å². The Morgan fingerprint density at radius 2 is 2.12 bits per heavy atom. The third-order valence-corrected chi connectivity index (χ3v) is 4.04. The van der Waals surface area contributed by atoms with Crippen molar-refractivity contribution in [2.24, 2.45) is 5.92 Å². The number of hydrogen-bond donors (Lipinski definition) is 1. The second kappa shape index (κ2) is 5.68. The van der Waals surface area contributed by atoms with Gasteiger partial charge in [0.05, 0.1) is 11.7 Å². The highest BCUT2D eigenvalue weighted by Crippen LogP contribution is 2.29. The first-order valence-corrected chi connectivity index (χ1v) is 7.12. The van der Waals surface area contributed by atoms with Gasteiger partial charge >= 0.3 is 0 Å². The van der Waals surface area contributed by atoms with Crippen molar-refractivity contribution in [3.8, 4) is 0 Å². The van der Waals surface area contributed by atoms with Gasteiger partial charge in [0.25, 0.3) is 0 Å². The van der Waals surface area contributed by atoms with Gasteiger partial charge in [-0.1, -0.05) is 0 Å². The molecule has 0 bridgehead atoms.